The summed E-state index contributed by atoms with van der Waals surface area (Å²) in [4.78, 5) is 0. The Labute approximate surface area is 116 Å². The average Bonchev–Trinajstić information content (AvgIpc) is 2.87. The third-order valence-electron chi connectivity index (χ3n) is 2.67. The molecule has 110 valence electrons. The molecule has 0 saturated heterocycles. The molecule has 0 radical (unpaired) electrons. The maximum absolute atomic E-state index is 10.9. The zero-order valence-corrected chi connectivity index (χ0v) is 12.3. The number of furan rings is 1. The van der Waals surface area contributed by atoms with E-state index in [0.29, 0.717) is 18.9 Å². The number of rotatable bonds is 10. The summed E-state index contributed by atoms with van der Waals surface area (Å²) in [7, 11) is -0.760. The van der Waals surface area contributed by atoms with Crippen LogP contribution in [0.1, 0.15) is 19.1 Å². The normalized spacial score (nSPS) is 16.2. The molecule has 0 aliphatic carbocycles. The first-order valence-electron chi connectivity index (χ1n) is 6.39. The Morgan fingerprint density at radius 2 is 2.37 bits per heavy atom. The number of hydrogen-bond acceptors (Lipinski definition) is 5. The van der Waals surface area contributed by atoms with Crippen molar-refractivity contribution in [1.29, 1.82) is 0 Å². The van der Waals surface area contributed by atoms with Crippen LogP contribution in [0, 0.1) is 0 Å². The van der Waals surface area contributed by atoms with Gasteiger partial charge in [0, 0.05) is 35.4 Å². The Bertz CT molecular complexity index is 356. The van der Waals surface area contributed by atoms with Gasteiger partial charge >= 0.3 is 0 Å². The summed E-state index contributed by atoms with van der Waals surface area (Å²) in [6.45, 7) is 3.12. The Morgan fingerprint density at radius 3 is 3.00 bits per heavy atom. The van der Waals surface area contributed by atoms with E-state index in [9.17, 15) is 9.32 Å². The summed E-state index contributed by atoms with van der Waals surface area (Å²) in [6, 6.07) is 3.87. The van der Waals surface area contributed by atoms with Gasteiger partial charge in [-0.15, -0.1) is 0 Å². The lowest BCUT2D eigenvalue weighted by molar-refractivity contribution is 0.0217. The number of aliphatic hydroxyl groups is 1. The highest BCUT2D eigenvalue weighted by Crippen LogP contribution is 2.02. The summed E-state index contributed by atoms with van der Waals surface area (Å²) < 4.78 is 21.4. The van der Waals surface area contributed by atoms with E-state index in [4.69, 9.17) is 9.15 Å². The molecule has 6 heteroatoms. The minimum Gasteiger partial charge on any atom is -0.467 e. The van der Waals surface area contributed by atoms with Crippen LogP contribution in [0.25, 0.3) is 0 Å². The predicted molar refractivity (Wildman–Crippen MR) is 75.4 cm³/mol. The van der Waals surface area contributed by atoms with Gasteiger partial charge in [-0.3, -0.25) is 4.21 Å². The fraction of sp³-hybridized carbons (Fsp3) is 0.692. The van der Waals surface area contributed by atoms with Crippen LogP contribution < -0.4 is 5.32 Å². The molecule has 5 nitrogen and oxygen atoms in total. The molecule has 0 aliphatic rings. The van der Waals surface area contributed by atoms with Crippen molar-refractivity contribution in [3.05, 3.63) is 24.2 Å². The zero-order chi connectivity index (χ0) is 14.1. The van der Waals surface area contributed by atoms with Gasteiger partial charge in [0.05, 0.1) is 19.0 Å². The monoisotopic (exact) mass is 289 g/mol. The van der Waals surface area contributed by atoms with E-state index in [-0.39, 0.29) is 12.6 Å². The molecule has 1 aromatic rings. The lowest BCUT2D eigenvalue weighted by Crippen LogP contribution is -2.36. The Balaban J connectivity index is 2.03. The zero-order valence-electron chi connectivity index (χ0n) is 11.5. The van der Waals surface area contributed by atoms with E-state index < -0.39 is 16.9 Å². The van der Waals surface area contributed by atoms with Gasteiger partial charge in [-0.2, -0.15) is 0 Å². The molecule has 1 aromatic heterocycles. The highest BCUT2D eigenvalue weighted by molar-refractivity contribution is 7.84. The van der Waals surface area contributed by atoms with Crippen molar-refractivity contribution in [2.24, 2.45) is 0 Å². The minimum atomic E-state index is -0.760. The van der Waals surface area contributed by atoms with Gasteiger partial charge in [-0.1, -0.05) is 0 Å². The van der Waals surface area contributed by atoms with E-state index in [1.165, 1.54) is 0 Å². The molecule has 3 unspecified atom stereocenters. The summed E-state index contributed by atoms with van der Waals surface area (Å²) in [6.07, 6.45) is 3.58. The largest absolute Gasteiger partial charge is 0.467 e. The maximum Gasteiger partial charge on any atom is 0.129 e. The van der Waals surface area contributed by atoms with Gasteiger partial charge in [0.2, 0.25) is 0 Å². The van der Waals surface area contributed by atoms with Crippen molar-refractivity contribution in [3.63, 3.8) is 0 Å². The molecule has 0 aromatic carbocycles. The van der Waals surface area contributed by atoms with E-state index in [2.05, 4.69) is 5.32 Å². The Morgan fingerprint density at radius 1 is 1.58 bits per heavy atom. The highest BCUT2D eigenvalue weighted by Gasteiger charge is 2.08. The number of ether oxygens (including phenoxy) is 1. The number of nitrogens with one attached hydrogen (secondary N) is 1. The first-order valence-corrected chi connectivity index (χ1v) is 8.12. The second-order valence-corrected chi connectivity index (χ2v) is 6.18. The molecule has 1 heterocycles. The second kappa shape index (κ2) is 9.25. The molecule has 0 aliphatic heterocycles. The van der Waals surface area contributed by atoms with Crippen molar-refractivity contribution in [2.75, 3.05) is 25.2 Å². The Hall–Kier alpha value is -0.690. The van der Waals surface area contributed by atoms with Gasteiger partial charge in [0.25, 0.3) is 0 Å². The SMILES string of the molecule is CC(CCS(C)=O)NCC(O)COCc1ccco1. The quantitative estimate of drug-likeness (QED) is 0.670. The summed E-state index contributed by atoms with van der Waals surface area (Å²) in [5.74, 6) is 1.43. The second-order valence-electron chi connectivity index (χ2n) is 4.62. The third-order valence-corrected chi connectivity index (χ3v) is 3.49. The number of aliphatic hydroxyl groups excluding tert-OH is 1. The van der Waals surface area contributed by atoms with Gasteiger partial charge in [-0.25, -0.2) is 0 Å². The van der Waals surface area contributed by atoms with Crippen LogP contribution in [0.3, 0.4) is 0 Å². The van der Waals surface area contributed by atoms with Crippen LogP contribution >= 0.6 is 0 Å². The van der Waals surface area contributed by atoms with Crippen molar-refractivity contribution < 1.29 is 18.5 Å². The van der Waals surface area contributed by atoms with Crippen LogP contribution in [-0.2, 0) is 22.1 Å². The molecule has 3 atom stereocenters. The maximum atomic E-state index is 10.9. The topological polar surface area (TPSA) is 71.7 Å². The molecule has 0 spiro atoms. The van der Waals surface area contributed by atoms with Crippen molar-refractivity contribution in [2.45, 2.75) is 32.1 Å². The smallest absolute Gasteiger partial charge is 0.129 e. The highest BCUT2D eigenvalue weighted by atomic mass is 32.2. The number of hydrogen-bond donors (Lipinski definition) is 2. The molecule has 0 amide bonds. The van der Waals surface area contributed by atoms with Gasteiger partial charge in [0.15, 0.2) is 0 Å². The molecule has 1 rings (SSSR count). The lowest BCUT2D eigenvalue weighted by atomic mass is 10.2. The minimum absolute atomic E-state index is 0.239. The summed E-state index contributed by atoms with van der Waals surface area (Å²) in [5, 5.41) is 12.9. The van der Waals surface area contributed by atoms with Crippen LogP contribution in [-0.4, -0.2) is 46.6 Å². The van der Waals surface area contributed by atoms with E-state index in [1.807, 2.05) is 13.0 Å². The molecule has 2 N–H and O–H groups in total. The third kappa shape index (κ3) is 8.15. The van der Waals surface area contributed by atoms with Crippen molar-refractivity contribution in [1.82, 2.24) is 5.32 Å². The van der Waals surface area contributed by atoms with Gasteiger partial charge in [-0.05, 0) is 25.5 Å². The summed E-state index contributed by atoms with van der Waals surface area (Å²) in [5.41, 5.74) is 0. The van der Waals surface area contributed by atoms with E-state index in [0.717, 1.165) is 12.2 Å². The van der Waals surface area contributed by atoms with E-state index in [1.54, 1.807) is 18.6 Å². The molecular weight excluding hydrogens is 266 g/mol. The first kappa shape index (κ1) is 16.4. The van der Waals surface area contributed by atoms with Crippen LogP contribution in [0.15, 0.2) is 22.8 Å². The standard InChI is InChI=1S/C13H23NO4S/c1-11(5-7-19(2)16)14-8-12(15)9-17-10-13-4-3-6-18-13/h3-4,6,11-12,14-15H,5,7-10H2,1-2H3. The summed E-state index contributed by atoms with van der Waals surface area (Å²) >= 11 is 0. The van der Waals surface area contributed by atoms with Crippen molar-refractivity contribution in [3.8, 4) is 0 Å². The molecule has 19 heavy (non-hydrogen) atoms. The molecule has 0 saturated carbocycles. The lowest BCUT2D eigenvalue weighted by Gasteiger charge is -2.16. The van der Waals surface area contributed by atoms with Crippen molar-refractivity contribution >= 4 is 10.8 Å². The Kier molecular flexibility index (Phi) is 7.97. The molecule has 0 fully saturated rings. The van der Waals surface area contributed by atoms with E-state index >= 15 is 0 Å². The fourth-order valence-electron chi connectivity index (χ4n) is 1.53. The van der Waals surface area contributed by atoms with Gasteiger partial charge in [0.1, 0.15) is 12.4 Å². The first-order chi connectivity index (χ1) is 9.08. The molecular formula is C13H23NO4S. The predicted octanol–water partition coefficient (Wildman–Crippen LogP) is 0.904. The van der Waals surface area contributed by atoms with Crippen LogP contribution in [0.5, 0.6) is 0 Å². The molecule has 0 bridgehead atoms. The van der Waals surface area contributed by atoms with Crippen LogP contribution in [0.4, 0.5) is 0 Å². The van der Waals surface area contributed by atoms with Gasteiger partial charge < -0.3 is 19.6 Å². The average molecular weight is 289 g/mol. The fourth-order valence-corrected chi connectivity index (χ4v) is 2.22. The van der Waals surface area contributed by atoms with Crippen LogP contribution in [0.2, 0.25) is 0 Å².